The first-order chi connectivity index (χ1) is 24.2. The van der Waals surface area contributed by atoms with Crippen LogP contribution in [-0.2, 0) is 37.7 Å². The molecule has 51 heavy (non-hydrogen) atoms. The van der Waals surface area contributed by atoms with Crippen LogP contribution in [0.25, 0.3) is 55.3 Å². The Kier molecular flexibility index (Phi) is 11.8. The molecule has 0 saturated heterocycles. The quantitative estimate of drug-likeness (QED) is 0.0890. The van der Waals surface area contributed by atoms with Crippen molar-refractivity contribution in [3.63, 3.8) is 0 Å². The van der Waals surface area contributed by atoms with Gasteiger partial charge >= 0.3 is 0 Å². The van der Waals surface area contributed by atoms with Gasteiger partial charge in [0.2, 0.25) is 0 Å². The maximum atomic E-state index is 12.2. The molecule has 7 rings (SSSR count). The molecule has 0 atom stereocenters. The molecule has 265 valence electrons. The SMILES string of the molecule is CCC(C)(CC)C(=O)/C=C(\O)C(C)(CC)CC.[Ir].[c-]1c(-c2nccc3oc4c(c23)-c2cccnc2CC4)cc(-c2ccccc2)c2ccccc12. The summed E-state index contributed by atoms with van der Waals surface area (Å²) in [4.78, 5) is 21.7. The molecule has 0 spiro atoms. The Morgan fingerprint density at radius 2 is 1.51 bits per heavy atom. The van der Waals surface area contributed by atoms with Crippen LogP contribution in [0.5, 0.6) is 0 Å². The molecule has 0 aliphatic heterocycles. The Hall–Kier alpha value is -4.38. The van der Waals surface area contributed by atoms with Gasteiger partial charge in [0, 0.05) is 83.7 Å². The molecule has 5 nitrogen and oxygen atoms in total. The molecule has 0 unspecified atom stereocenters. The summed E-state index contributed by atoms with van der Waals surface area (Å²) in [5.74, 6) is 1.30. The minimum Gasteiger partial charge on any atom is -0.512 e. The molecule has 3 aromatic heterocycles. The van der Waals surface area contributed by atoms with Gasteiger partial charge in [0.25, 0.3) is 0 Å². The van der Waals surface area contributed by atoms with Gasteiger partial charge in [-0.25, -0.2) is 0 Å². The molecule has 0 bridgehead atoms. The van der Waals surface area contributed by atoms with Crippen LogP contribution < -0.4 is 0 Å². The second-order valence-corrected chi connectivity index (χ2v) is 13.9. The minimum absolute atomic E-state index is 0. The molecule has 0 fully saturated rings. The zero-order valence-corrected chi connectivity index (χ0v) is 32.9. The van der Waals surface area contributed by atoms with Crippen molar-refractivity contribution in [3.8, 4) is 33.5 Å². The first-order valence-corrected chi connectivity index (χ1v) is 18.0. The van der Waals surface area contributed by atoms with E-state index in [0.717, 1.165) is 88.7 Å². The molecule has 6 aromatic rings. The van der Waals surface area contributed by atoms with Crippen molar-refractivity contribution in [2.75, 3.05) is 0 Å². The predicted molar refractivity (Wildman–Crippen MR) is 205 cm³/mol. The van der Waals surface area contributed by atoms with E-state index in [4.69, 9.17) is 9.40 Å². The van der Waals surface area contributed by atoms with Gasteiger partial charge in [0.1, 0.15) is 17.1 Å². The summed E-state index contributed by atoms with van der Waals surface area (Å²) in [6.07, 6.45) is 10.2. The number of rotatable bonds is 9. The van der Waals surface area contributed by atoms with Crippen LogP contribution in [0.2, 0.25) is 0 Å². The second kappa shape index (κ2) is 15.9. The van der Waals surface area contributed by atoms with Crippen LogP contribution in [0.4, 0.5) is 0 Å². The fourth-order valence-corrected chi connectivity index (χ4v) is 6.75. The van der Waals surface area contributed by atoms with Crippen molar-refractivity contribution >= 4 is 27.5 Å². The smallest absolute Gasteiger partial charge is 0.164 e. The predicted octanol–water partition coefficient (Wildman–Crippen LogP) is 11.9. The van der Waals surface area contributed by atoms with E-state index in [9.17, 15) is 9.90 Å². The third kappa shape index (κ3) is 7.36. The summed E-state index contributed by atoms with van der Waals surface area (Å²) in [6, 6.07) is 30.9. The second-order valence-electron chi connectivity index (χ2n) is 13.9. The number of aromatic nitrogens is 2. The van der Waals surface area contributed by atoms with Gasteiger partial charge in [-0.15, -0.1) is 23.6 Å². The maximum absolute atomic E-state index is 12.2. The Bertz CT molecular complexity index is 2180. The third-order valence-electron chi connectivity index (χ3n) is 11.1. The van der Waals surface area contributed by atoms with Gasteiger partial charge in [-0.2, -0.15) is 0 Å². The normalized spacial score (nSPS) is 12.8. The van der Waals surface area contributed by atoms with Crippen molar-refractivity contribution in [3.05, 3.63) is 121 Å². The molecule has 1 aliphatic carbocycles. The zero-order valence-electron chi connectivity index (χ0n) is 30.5. The molecule has 3 aromatic carbocycles. The summed E-state index contributed by atoms with van der Waals surface area (Å²) >= 11 is 0. The number of pyridine rings is 2. The molecular weight excluding hydrogens is 809 g/mol. The van der Waals surface area contributed by atoms with E-state index in [2.05, 4.69) is 71.7 Å². The molecular formula is C45H47IrN2O3-. The number of ketones is 1. The van der Waals surface area contributed by atoms with E-state index in [-0.39, 0.29) is 42.5 Å². The zero-order chi connectivity index (χ0) is 35.5. The average Bonchev–Trinajstić information content (AvgIpc) is 3.57. The Morgan fingerprint density at radius 3 is 2.22 bits per heavy atom. The Balaban J connectivity index is 0.000000242. The molecule has 1 N–H and O–H groups in total. The van der Waals surface area contributed by atoms with Crippen LogP contribution in [-0.4, -0.2) is 20.9 Å². The first kappa shape index (κ1) is 37.9. The Labute approximate surface area is 315 Å². The van der Waals surface area contributed by atoms with Crippen molar-refractivity contribution < 1.29 is 34.4 Å². The number of hydrogen-bond donors (Lipinski definition) is 1. The number of carbonyl (C=O) groups is 1. The fraction of sp³-hybridized carbons (Fsp3) is 0.311. The van der Waals surface area contributed by atoms with Gasteiger partial charge in [-0.3, -0.25) is 14.8 Å². The Morgan fingerprint density at radius 1 is 0.824 bits per heavy atom. The van der Waals surface area contributed by atoms with Gasteiger partial charge < -0.3 is 9.52 Å². The van der Waals surface area contributed by atoms with Crippen LogP contribution in [0.3, 0.4) is 0 Å². The fourth-order valence-electron chi connectivity index (χ4n) is 6.75. The summed E-state index contributed by atoms with van der Waals surface area (Å²) in [6.45, 7) is 12.1. The number of benzene rings is 3. The molecule has 0 amide bonds. The standard InChI is InChI=1S/C30H19N2O.C15H28O2.Ir/c1-2-7-19(8-3-1)24-18-21(17-20-9-4-5-10-22(20)24)30-29-27(14-16-32-30)33-26-13-12-25-23(28(26)29)11-6-15-31-25;1-7-14(5,8-2)12(16)11-13(17)15(6,9-3)10-4;/h1-11,14-16,18H,12-13H2;11,16H,7-10H2,1-6H3;/q-1;;/b;12-11-;. The van der Waals surface area contributed by atoms with E-state index >= 15 is 0 Å². The van der Waals surface area contributed by atoms with E-state index in [1.165, 1.54) is 22.6 Å². The van der Waals surface area contributed by atoms with Crippen molar-refractivity contribution in [1.29, 1.82) is 0 Å². The number of nitrogens with zero attached hydrogens (tertiary/aromatic N) is 2. The summed E-state index contributed by atoms with van der Waals surface area (Å²) in [5, 5.41) is 13.4. The number of allylic oxidation sites excluding steroid dienone is 2. The van der Waals surface area contributed by atoms with Crippen LogP contribution in [0.1, 0.15) is 78.7 Å². The van der Waals surface area contributed by atoms with Gasteiger partial charge in [-0.05, 0) is 49.8 Å². The number of hydrogen-bond acceptors (Lipinski definition) is 5. The maximum Gasteiger partial charge on any atom is 0.164 e. The van der Waals surface area contributed by atoms with Gasteiger partial charge in [0.05, 0.1) is 0 Å². The van der Waals surface area contributed by atoms with Crippen LogP contribution in [0, 0.1) is 16.9 Å². The molecule has 6 heteroatoms. The molecule has 3 heterocycles. The van der Waals surface area contributed by atoms with Crippen LogP contribution >= 0.6 is 0 Å². The summed E-state index contributed by atoms with van der Waals surface area (Å²) < 4.78 is 6.33. The number of carbonyl (C=O) groups excluding carboxylic acids is 1. The largest absolute Gasteiger partial charge is 0.512 e. The number of aliphatic hydroxyl groups excluding tert-OH is 1. The summed E-state index contributed by atoms with van der Waals surface area (Å²) in [5.41, 5.74) is 7.89. The van der Waals surface area contributed by atoms with E-state index < -0.39 is 0 Å². The number of fused-ring (bicyclic) bond motifs is 6. The minimum atomic E-state index is -0.337. The third-order valence-corrected chi connectivity index (χ3v) is 11.1. The topological polar surface area (TPSA) is 76.2 Å². The molecule has 0 saturated carbocycles. The monoisotopic (exact) mass is 856 g/mol. The van der Waals surface area contributed by atoms with E-state index in [1.807, 2.05) is 72.1 Å². The van der Waals surface area contributed by atoms with Crippen molar-refractivity contribution in [2.45, 2.75) is 80.1 Å². The van der Waals surface area contributed by atoms with E-state index in [1.54, 1.807) is 0 Å². The first-order valence-electron chi connectivity index (χ1n) is 18.0. The van der Waals surface area contributed by atoms with E-state index in [0.29, 0.717) is 0 Å². The van der Waals surface area contributed by atoms with Gasteiger partial charge in [-0.1, -0.05) is 113 Å². The van der Waals surface area contributed by atoms with Crippen LogP contribution in [0.15, 0.2) is 108 Å². The number of aryl methyl sites for hydroxylation is 2. The summed E-state index contributed by atoms with van der Waals surface area (Å²) in [7, 11) is 0. The average molecular weight is 856 g/mol. The van der Waals surface area contributed by atoms with Gasteiger partial charge in [0.15, 0.2) is 5.78 Å². The number of furan rings is 1. The number of aliphatic hydroxyl groups is 1. The molecule has 1 radical (unpaired) electrons. The molecule has 1 aliphatic rings. The van der Waals surface area contributed by atoms with Crippen molar-refractivity contribution in [2.24, 2.45) is 10.8 Å². The van der Waals surface area contributed by atoms with Crippen molar-refractivity contribution in [1.82, 2.24) is 9.97 Å².